The van der Waals surface area contributed by atoms with Gasteiger partial charge in [0.15, 0.2) is 0 Å². The molecule has 0 saturated heterocycles. The molecule has 1 N–H and O–H groups in total. The predicted molar refractivity (Wildman–Crippen MR) is 114 cm³/mol. The third kappa shape index (κ3) is 3.36. The molecular formula is C22H18ClN5O2. The van der Waals surface area contributed by atoms with E-state index in [1.54, 1.807) is 41.6 Å². The molecule has 1 fully saturated rings. The number of aromatic nitrogens is 5. The fourth-order valence-corrected chi connectivity index (χ4v) is 4.08. The van der Waals surface area contributed by atoms with Crippen LogP contribution in [0.4, 0.5) is 0 Å². The van der Waals surface area contributed by atoms with Gasteiger partial charge in [0.25, 0.3) is 5.56 Å². The minimum atomic E-state index is -0.378. The third-order valence-electron chi connectivity index (χ3n) is 5.50. The molecule has 0 radical (unpaired) electrons. The minimum Gasteiger partial charge on any atom is -0.393 e. The molecule has 0 aliphatic heterocycles. The highest BCUT2D eigenvalue weighted by molar-refractivity contribution is 6.29. The van der Waals surface area contributed by atoms with Crippen molar-refractivity contribution in [2.24, 2.45) is 0 Å². The number of aliphatic hydroxyl groups excluding tert-OH is 1. The molecule has 1 aliphatic carbocycles. The first-order chi connectivity index (χ1) is 14.6. The van der Waals surface area contributed by atoms with Crippen molar-refractivity contribution in [2.45, 2.75) is 31.4 Å². The lowest BCUT2D eigenvalue weighted by Gasteiger charge is -2.15. The molecule has 5 rings (SSSR count). The first-order valence-electron chi connectivity index (χ1n) is 9.72. The van der Waals surface area contributed by atoms with Crippen LogP contribution in [0, 0.1) is 0 Å². The Balaban J connectivity index is 1.76. The van der Waals surface area contributed by atoms with Gasteiger partial charge in [0, 0.05) is 35.8 Å². The van der Waals surface area contributed by atoms with Gasteiger partial charge in [-0.15, -0.1) is 0 Å². The van der Waals surface area contributed by atoms with Crippen molar-refractivity contribution < 1.29 is 5.11 Å². The van der Waals surface area contributed by atoms with Gasteiger partial charge in [-0.05, 0) is 49.6 Å². The second-order valence-electron chi connectivity index (χ2n) is 7.44. The summed E-state index contributed by atoms with van der Waals surface area (Å²) < 4.78 is 1.63. The highest BCUT2D eigenvalue weighted by Gasteiger charge is 2.26. The molecule has 7 nitrogen and oxygen atoms in total. The smallest absolute Gasteiger partial charge is 0.261 e. The van der Waals surface area contributed by atoms with Crippen molar-refractivity contribution in [1.82, 2.24) is 24.5 Å². The summed E-state index contributed by atoms with van der Waals surface area (Å²) in [5.41, 5.74) is 3.09. The molecule has 2 atom stereocenters. The number of hydrogen-bond acceptors (Lipinski definition) is 6. The zero-order chi connectivity index (χ0) is 20.7. The van der Waals surface area contributed by atoms with Gasteiger partial charge < -0.3 is 5.11 Å². The second-order valence-corrected chi connectivity index (χ2v) is 7.83. The Morgan fingerprint density at radius 1 is 1.10 bits per heavy atom. The average molecular weight is 420 g/mol. The summed E-state index contributed by atoms with van der Waals surface area (Å²) in [5.74, 6) is 0. The van der Waals surface area contributed by atoms with E-state index in [0.29, 0.717) is 40.3 Å². The van der Waals surface area contributed by atoms with Crippen molar-refractivity contribution in [2.75, 3.05) is 0 Å². The average Bonchev–Trinajstić information content (AvgIpc) is 3.20. The molecule has 8 heteroatoms. The summed E-state index contributed by atoms with van der Waals surface area (Å²) in [6, 6.07) is 8.91. The summed E-state index contributed by atoms with van der Waals surface area (Å²) in [6.45, 7) is 0. The molecule has 0 bridgehead atoms. The van der Waals surface area contributed by atoms with Gasteiger partial charge in [-0.2, -0.15) is 0 Å². The molecule has 0 spiro atoms. The molecule has 2 unspecified atom stereocenters. The molecular weight excluding hydrogens is 402 g/mol. The van der Waals surface area contributed by atoms with Crippen LogP contribution in [0.3, 0.4) is 0 Å². The van der Waals surface area contributed by atoms with Crippen molar-refractivity contribution in [3.05, 3.63) is 70.8 Å². The Morgan fingerprint density at radius 2 is 2.00 bits per heavy atom. The SMILES string of the molecule is O=c1c2cc(-c3ccc(Cl)nc3)nc(-c3cccnc3)c2ncn1C1CCC(O)C1. The van der Waals surface area contributed by atoms with Crippen LogP contribution >= 0.6 is 11.6 Å². The van der Waals surface area contributed by atoms with E-state index in [4.69, 9.17) is 16.6 Å². The van der Waals surface area contributed by atoms with Crippen LogP contribution in [0.5, 0.6) is 0 Å². The number of fused-ring (bicyclic) bond motifs is 1. The number of pyridine rings is 3. The summed E-state index contributed by atoms with van der Waals surface area (Å²) in [5, 5.41) is 10.8. The van der Waals surface area contributed by atoms with Crippen molar-refractivity contribution in [3.8, 4) is 22.5 Å². The maximum Gasteiger partial charge on any atom is 0.261 e. The molecule has 30 heavy (non-hydrogen) atoms. The number of aliphatic hydroxyl groups is 1. The van der Waals surface area contributed by atoms with Gasteiger partial charge in [0.05, 0.1) is 29.2 Å². The lowest BCUT2D eigenvalue weighted by Crippen LogP contribution is -2.24. The van der Waals surface area contributed by atoms with Crippen LogP contribution in [0.15, 0.2) is 60.0 Å². The Hall–Kier alpha value is -3.16. The van der Waals surface area contributed by atoms with Gasteiger partial charge in [0.2, 0.25) is 0 Å². The molecule has 4 heterocycles. The Kier molecular flexibility index (Phi) is 4.77. The monoisotopic (exact) mass is 419 g/mol. The van der Waals surface area contributed by atoms with Gasteiger partial charge in [0.1, 0.15) is 10.7 Å². The fraction of sp³-hybridized carbons (Fsp3) is 0.227. The first kappa shape index (κ1) is 18.8. The number of rotatable bonds is 3. The van der Waals surface area contributed by atoms with E-state index in [0.717, 1.165) is 17.5 Å². The van der Waals surface area contributed by atoms with E-state index >= 15 is 0 Å². The normalized spacial score (nSPS) is 18.7. The lowest BCUT2D eigenvalue weighted by atomic mass is 10.1. The summed E-state index contributed by atoms with van der Waals surface area (Å²) >= 11 is 5.93. The van der Waals surface area contributed by atoms with Crippen molar-refractivity contribution in [3.63, 3.8) is 0 Å². The highest BCUT2D eigenvalue weighted by atomic mass is 35.5. The number of halogens is 1. The van der Waals surface area contributed by atoms with Crippen LogP contribution in [0.25, 0.3) is 33.4 Å². The van der Waals surface area contributed by atoms with Gasteiger partial charge >= 0.3 is 0 Å². The topological polar surface area (TPSA) is 93.8 Å². The zero-order valence-electron chi connectivity index (χ0n) is 15.9. The van der Waals surface area contributed by atoms with Crippen LogP contribution in [-0.2, 0) is 0 Å². The van der Waals surface area contributed by atoms with Crippen molar-refractivity contribution >= 4 is 22.5 Å². The Morgan fingerprint density at radius 3 is 2.70 bits per heavy atom. The van der Waals surface area contributed by atoms with E-state index in [1.165, 1.54) is 0 Å². The second kappa shape index (κ2) is 7.59. The van der Waals surface area contributed by atoms with E-state index in [-0.39, 0.29) is 17.7 Å². The van der Waals surface area contributed by atoms with Crippen LogP contribution in [-0.4, -0.2) is 35.7 Å². The van der Waals surface area contributed by atoms with E-state index in [9.17, 15) is 9.90 Å². The maximum atomic E-state index is 13.4. The van der Waals surface area contributed by atoms with Gasteiger partial charge in [-0.1, -0.05) is 11.6 Å². The van der Waals surface area contributed by atoms with E-state index < -0.39 is 0 Å². The minimum absolute atomic E-state index is 0.0555. The maximum absolute atomic E-state index is 13.4. The zero-order valence-corrected chi connectivity index (χ0v) is 16.7. The molecule has 150 valence electrons. The number of hydrogen-bond donors (Lipinski definition) is 1. The lowest BCUT2D eigenvalue weighted by molar-refractivity contribution is 0.177. The van der Waals surface area contributed by atoms with Crippen LogP contribution < -0.4 is 5.56 Å². The molecule has 1 aliphatic rings. The summed E-state index contributed by atoms with van der Waals surface area (Å²) in [4.78, 5) is 31.1. The van der Waals surface area contributed by atoms with Crippen LogP contribution in [0.2, 0.25) is 5.15 Å². The molecule has 0 amide bonds. The molecule has 4 aromatic heterocycles. The Labute approximate surface area is 177 Å². The number of nitrogens with zero attached hydrogens (tertiary/aromatic N) is 5. The summed E-state index contributed by atoms with van der Waals surface area (Å²) in [6.07, 6.45) is 8.20. The molecule has 1 saturated carbocycles. The standard InChI is InChI=1S/C22H18ClN5O2/c23-19-6-3-13(11-25-19)18-9-17-21(20(27-18)14-2-1-7-24-10-14)26-12-28(22(17)30)15-4-5-16(29)8-15/h1-3,6-7,9-12,15-16,29H,4-5,8H2. The summed E-state index contributed by atoms with van der Waals surface area (Å²) in [7, 11) is 0. The van der Waals surface area contributed by atoms with E-state index in [2.05, 4.69) is 15.0 Å². The van der Waals surface area contributed by atoms with Gasteiger partial charge in [-0.3, -0.25) is 14.3 Å². The fourth-order valence-electron chi connectivity index (χ4n) is 3.97. The highest BCUT2D eigenvalue weighted by Crippen LogP contribution is 2.31. The van der Waals surface area contributed by atoms with Crippen molar-refractivity contribution in [1.29, 1.82) is 0 Å². The molecule has 4 aromatic rings. The van der Waals surface area contributed by atoms with Crippen LogP contribution in [0.1, 0.15) is 25.3 Å². The van der Waals surface area contributed by atoms with E-state index in [1.807, 2.05) is 18.2 Å². The Bertz CT molecular complexity index is 1270. The predicted octanol–water partition coefficient (Wildman–Crippen LogP) is 3.65. The third-order valence-corrected chi connectivity index (χ3v) is 5.72. The largest absolute Gasteiger partial charge is 0.393 e. The van der Waals surface area contributed by atoms with Gasteiger partial charge in [-0.25, -0.2) is 15.0 Å². The molecule has 0 aromatic carbocycles. The first-order valence-corrected chi connectivity index (χ1v) is 10.1. The quantitative estimate of drug-likeness (QED) is 0.509.